The molecule has 2 aromatic rings. The minimum absolute atomic E-state index is 0.0285. The lowest BCUT2D eigenvalue weighted by atomic mass is 9.47. The summed E-state index contributed by atoms with van der Waals surface area (Å²) in [5, 5.41) is 31.6. The molecule has 8 saturated carbocycles. The number of benzene rings is 2. The lowest BCUT2D eigenvalue weighted by Gasteiger charge is -2.59. The van der Waals surface area contributed by atoms with Crippen molar-refractivity contribution >= 4 is 65.0 Å². The van der Waals surface area contributed by atoms with E-state index in [0.29, 0.717) is 113 Å². The molecule has 3 heterocycles. The molecule has 103 heavy (non-hydrogen) atoms. The zero-order chi connectivity index (χ0) is 73.8. The number of fused-ring (bicyclic) bond motifs is 2. The van der Waals surface area contributed by atoms with E-state index in [4.69, 9.17) is 32.8 Å². The standard InChI is InChI=1S/C72H106N14O10.C2HF3O2/c73-23-7-17-51-61(87)81-55(35-43-13-3-1-4-14-43)69(95)85-27-11-21-57(85)65(91)77-53(19-9-25-75)63(89)84-60(72-40-48-32-49(41-72)34-50(33-48)42-72)68(94)80-52(18-8-24-74)62(88)82-56(36-44-15-5-2-6-16-44)70(96)86-28-12-22-58(86)66(92)78-54(20-10-26-76)64(90)83-59(67(93)79-51)71-37-45-29-46(38-71)31-47(30-45)39-71;3-2(4,5)1(6)7/h1-6,13-16,45-60H,7-12,17-42,73-76H2,(H,77,91)(H,78,92)(H,79,93)(H,80,94)(H,81,87)(H,82,88)(H,83,90)(H,84,89);(H,6,7)/t45?,46?,47?,48?,49?,50?,51-,52-,53-,54-,55+,56+,57-,58-,59?,60?,71?,72?;/m0./s1. The number of rotatable bonds is 18. The van der Waals surface area contributed by atoms with Crippen LogP contribution in [0.15, 0.2) is 60.7 Å². The van der Waals surface area contributed by atoms with E-state index in [1.807, 2.05) is 60.7 Å². The van der Waals surface area contributed by atoms with Gasteiger partial charge in [-0.15, -0.1) is 0 Å². The number of amides is 10. The van der Waals surface area contributed by atoms with E-state index in [0.717, 1.165) is 49.7 Å². The molecule has 11 fully saturated rings. The number of hydrogen-bond donors (Lipinski definition) is 13. The number of carboxylic acids is 1. The summed E-state index contributed by atoms with van der Waals surface area (Å²) < 4.78 is 31.7. The maximum atomic E-state index is 15.6. The zero-order valence-corrected chi connectivity index (χ0v) is 58.9. The van der Waals surface area contributed by atoms with Crippen LogP contribution in [0.4, 0.5) is 13.2 Å². The van der Waals surface area contributed by atoms with Gasteiger partial charge in [0.05, 0.1) is 0 Å². The summed E-state index contributed by atoms with van der Waals surface area (Å²) in [5.74, 6) is -6.70. The van der Waals surface area contributed by atoms with Crippen LogP contribution in [0.1, 0.15) is 165 Å². The van der Waals surface area contributed by atoms with Gasteiger partial charge in [0.25, 0.3) is 0 Å². The Balaban J connectivity index is 0.00000155. The number of halogens is 3. The summed E-state index contributed by atoms with van der Waals surface area (Å²) in [6, 6.07) is 6.61. The van der Waals surface area contributed by atoms with Crippen molar-refractivity contribution in [1.29, 1.82) is 0 Å². The fourth-order valence-electron chi connectivity index (χ4n) is 19.6. The SMILES string of the molecule is NCCC[C@@H]1NC(=O)C(C23CC4CC(CC(C4)C2)C3)NC(=O)[C@H](CCCN)NC(=O)[C@@H]2CCCN2C(=O)[C@@H](Cc2ccccc2)NC(=O)[C@H](CCCN)NC(=O)C(C23CC4CC(CC(C4)C2)C3)NC(=O)[C@H](CCCN)NC(=O)[C@@H]2CCCN2C(=O)[C@@H](Cc2ccccc2)NC1=O.O=C(O)C(F)(F)F. The van der Waals surface area contributed by atoms with Gasteiger partial charge in [-0.1, -0.05) is 60.7 Å². The zero-order valence-electron chi connectivity index (χ0n) is 58.9. The van der Waals surface area contributed by atoms with E-state index in [2.05, 4.69) is 42.5 Å². The van der Waals surface area contributed by atoms with Gasteiger partial charge < -0.3 is 80.4 Å². The molecule has 2 unspecified atom stereocenters. The Bertz CT molecular complexity index is 3080. The van der Waals surface area contributed by atoms with Crippen molar-refractivity contribution in [3.8, 4) is 0 Å². The van der Waals surface area contributed by atoms with E-state index < -0.39 is 142 Å². The number of carboxylic acid groups (broad SMARTS) is 1. The average molecular weight is 1440 g/mol. The molecule has 13 rings (SSSR count). The first kappa shape index (κ1) is 77.8. The highest BCUT2D eigenvalue weighted by Crippen LogP contribution is 2.63. The molecule has 0 aromatic heterocycles. The second-order valence-electron chi connectivity index (χ2n) is 31.1. The first-order chi connectivity index (χ1) is 49.3. The third-order valence-corrected chi connectivity index (χ3v) is 23.5. The van der Waals surface area contributed by atoms with Crippen molar-refractivity contribution in [2.45, 2.75) is 234 Å². The van der Waals surface area contributed by atoms with Gasteiger partial charge in [-0.2, -0.15) is 13.2 Å². The number of carbonyl (C=O) groups is 11. The summed E-state index contributed by atoms with van der Waals surface area (Å²) in [6.07, 6.45) is 8.22. The van der Waals surface area contributed by atoms with Crippen LogP contribution >= 0.6 is 0 Å². The molecule has 11 aliphatic rings. The van der Waals surface area contributed by atoms with Crippen molar-refractivity contribution in [3.63, 3.8) is 0 Å². The predicted molar refractivity (Wildman–Crippen MR) is 373 cm³/mol. The minimum Gasteiger partial charge on any atom is -0.475 e. The van der Waals surface area contributed by atoms with E-state index in [-0.39, 0.29) is 90.6 Å². The van der Waals surface area contributed by atoms with E-state index >= 15 is 47.9 Å². The van der Waals surface area contributed by atoms with Crippen molar-refractivity contribution < 1.29 is 71.0 Å². The monoisotopic (exact) mass is 1440 g/mol. The van der Waals surface area contributed by atoms with Gasteiger partial charge >= 0.3 is 12.1 Å². The van der Waals surface area contributed by atoms with Crippen molar-refractivity contribution in [2.24, 2.45) is 69.3 Å². The molecule has 29 heteroatoms. The van der Waals surface area contributed by atoms with Gasteiger partial charge in [0.15, 0.2) is 0 Å². The molecule has 0 spiro atoms. The Morgan fingerprint density at radius 2 is 0.670 bits per heavy atom. The highest BCUT2D eigenvalue weighted by Gasteiger charge is 2.59. The van der Waals surface area contributed by atoms with Crippen LogP contribution in [0.25, 0.3) is 0 Å². The summed E-state index contributed by atoms with van der Waals surface area (Å²) in [6.45, 7) is 1.05. The number of nitrogens with one attached hydrogen (secondary N) is 8. The molecule has 8 aliphatic carbocycles. The van der Waals surface area contributed by atoms with Crippen molar-refractivity contribution in [1.82, 2.24) is 52.3 Å². The van der Waals surface area contributed by atoms with Crippen LogP contribution in [0.5, 0.6) is 0 Å². The normalized spacial score (nSPS) is 34.0. The van der Waals surface area contributed by atoms with Gasteiger partial charge in [-0.05, 0) is 227 Å². The summed E-state index contributed by atoms with van der Waals surface area (Å²) >= 11 is 0. The Hall–Kier alpha value is -7.76. The molecule has 3 aliphatic heterocycles. The van der Waals surface area contributed by atoms with E-state index in [1.54, 1.807) is 0 Å². The number of hydrogen-bond acceptors (Lipinski definition) is 15. The molecular weight excluding hydrogens is 1330 g/mol. The third-order valence-electron chi connectivity index (χ3n) is 23.5. The quantitative estimate of drug-likeness (QED) is 0.102. The highest BCUT2D eigenvalue weighted by molar-refractivity contribution is 6.00. The van der Waals surface area contributed by atoms with Crippen LogP contribution in [0, 0.1) is 46.3 Å². The van der Waals surface area contributed by atoms with Gasteiger partial charge in [-0.3, -0.25) is 47.9 Å². The van der Waals surface area contributed by atoms with Crippen LogP contribution in [0.2, 0.25) is 0 Å². The number of aliphatic carboxylic acids is 1. The van der Waals surface area contributed by atoms with Crippen molar-refractivity contribution in [3.05, 3.63) is 71.8 Å². The molecule has 3 saturated heterocycles. The maximum Gasteiger partial charge on any atom is 0.490 e. The number of carbonyl (C=O) groups excluding carboxylic acids is 10. The Kier molecular flexibility index (Phi) is 26.4. The number of nitrogens with zero attached hydrogens (tertiary/aromatic N) is 2. The molecule has 10 amide bonds. The van der Waals surface area contributed by atoms with E-state index in [9.17, 15) is 13.2 Å². The Morgan fingerprint density at radius 3 is 0.942 bits per heavy atom. The molecule has 0 radical (unpaired) electrons. The number of alkyl halides is 3. The maximum absolute atomic E-state index is 15.6. The topological polar surface area (TPSA) is 415 Å². The minimum atomic E-state index is -5.08. The summed E-state index contributed by atoms with van der Waals surface area (Å²) in [5.41, 5.74) is 24.6. The Labute approximate surface area is 599 Å². The molecule has 8 bridgehead atoms. The van der Waals surface area contributed by atoms with Crippen LogP contribution < -0.4 is 65.5 Å². The summed E-state index contributed by atoms with van der Waals surface area (Å²) in [7, 11) is 0. The second-order valence-corrected chi connectivity index (χ2v) is 31.1. The largest absolute Gasteiger partial charge is 0.490 e. The summed E-state index contributed by atoms with van der Waals surface area (Å²) in [4.78, 5) is 165. The first-order valence-electron chi connectivity index (χ1n) is 37.6. The highest BCUT2D eigenvalue weighted by atomic mass is 19.4. The lowest BCUT2D eigenvalue weighted by Crippen LogP contribution is -2.66. The van der Waals surface area contributed by atoms with Crippen LogP contribution in [-0.4, -0.2) is 186 Å². The first-order valence-corrected chi connectivity index (χ1v) is 37.6. The van der Waals surface area contributed by atoms with Gasteiger partial charge in [0.2, 0.25) is 59.1 Å². The lowest BCUT2D eigenvalue weighted by molar-refractivity contribution is -0.192. The smallest absolute Gasteiger partial charge is 0.475 e. The van der Waals surface area contributed by atoms with Crippen molar-refractivity contribution in [2.75, 3.05) is 39.3 Å². The van der Waals surface area contributed by atoms with Gasteiger partial charge in [-0.25, -0.2) is 4.79 Å². The van der Waals surface area contributed by atoms with Gasteiger partial charge in [0, 0.05) is 36.8 Å². The average Bonchev–Trinajstić information content (AvgIpc) is 1.54. The fraction of sp³-hybridized carbons (Fsp3) is 0.689. The molecule has 26 nitrogen and oxygen atoms in total. The molecule has 17 N–H and O–H groups in total. The molecular formula is C74H107F3N14O12. The van der Waals surface area contributed by atoms with Crippen LogP contribution in [0.3, 0.4) is 0 Å². The molecule has 10 atom stereocenters. The van der Waals surface area contributed by atoms with E-state index in [1.165, 1.54) is 9.80 Å². The fourth-order valence-corrected chi connectivity index (χ4v) is 19.6. The predicted octanol–water partition coefficient (Wildman–Crippen LogP) is 2.37. The third kappa shape index (κ3) is 19.2. The second kappa shape index (κ2) is 34.9. The molecule has 2 aromatic carbocycles. The Morgan fingerprint density at radius 1 is 0.408 bits per heavy atom. The van der Waals surface area contributed by atoms with Crippen LogP contribution in [-0.2, 0) is 65.6 Å². The van der Waals surface area contributed by atoms with Gasteiger partial charge in [0.1, 0.15) is 60.4 Å². The number of nitrogens with two attached hydrogens (primary N) is 4. The molecule has 566 valence electrons.